The van der Waals surface area contributed by atoms with Gasteiger partial charge in [0.2, 0.25) is 12.0 Å². The highest BCUT2D eigenvalue weighted by Gasteiger charge is 2.27. The van der Waals surface area contributed by atoms with Crippen LogP contribution in [0.1, 0.15) is 23.4 Å². The number of aryl methyl sites for hydroxylation is 1. The normalized spacial score (nSPS) is 15.4. The average molecular weight is 408 g/mol. The van der Waals surface area contributed by atoms with Crippen LogP contribution >= 0.6 is 11.8 Å². The Morgan fingerprint density at radius 1 is 1.03 bits per heavy atom. The van der Waals surface area contributed by atoms with E-state index in [1.165, 1.54) is 11.8 Å². The molecular weight excluding hydrogens is 392 g/mol. The molecule has 0 aliphatic carbocycles. The van der Waals surface area contributed by atoms with E-state index in [1.807, 2.05) is 55.5 Å². The first-order chi connectivity index (χ1) is 14.3. The fraction of sp³-hybridized carbons (Fsp3) is 0.200. The van der Waals surface area contributed by atoms with Crippen molar-refractivity contribution in [1.82, 2.24) is 20.3 Å². The molecule has 4 aromatic rings. The maximum atomic E-state index is 5.89. The first kappa shape index (κ1) is 17.7. The molecule has 1 aliphatic rings. The summed E-state index contributed by atoms with van der Waals surface area (Å²) in [5.41, 5.74) is 2.00. The van der Waals surface area contributed by atoms with Crippen molar-refractivity contribution in [2.24, 2.45) is 0 Å². The molecule has 3 heterocycles. The van der Waals surface area contributed by atoms with Crippen molar-refractivity contribution in [2.45, 2.75) is 24.0 Å². The van der Waals surface area contributed by atoms with Gasteiger partial charge in [-0.05, 0) is 30.7 Å². The zero-order chi connectivity index (χ0) is 19.6. The smallest absolute Gasteiger partial charge is 0.277 e. The lowest BCUT2D eigenvalue weighted by Gasteiger charge is -2.23. The molecule has 146 valence electrons. The summed E-state index contributed by atoms with van der Waals surface area (Å²) in [4.78, 5) is 4.41. The number of hydrogen-bond acceptors (Lipinski definition) is 9. The highest BCUT2D eigenvalue weighted by molar-refractivity contribution is 7.98. The molecule has 0 unspecified atom stereocenters. The van der Waals surface area contributed by atoms with Crippen molar-refractivity contribution in [3.8, 4) is 23.0 Å². The van der Waals surface area contributed by atoms with Crippen LogP contribution in [-0.4, -0.2) is 26.9 Å². The molecule has 8 nitrogen and oxygen atoms in total. The van der Waals surface area contributed by atoms with Crippen molar-refractivity contribution in [1.29, 1.82) is 0 Å². The third kappa shape index (κ3) is 3.68. The van der Waals surface area contributed by atoms with Crippen LogP contribution in [0.15, 0.2) is 62.7 Å². The molecule has 1 atom stereocenters. The lowest BCUT2D eigenvalue weighted by molar-refractivity contribution is 0.0665. The molecule has 0 amide bonds. The lowest BCUT2D eigenvalue weighted by Crippen LogP contribution is -2.21. The molecular formula is C20H16N4O4S. The summed E-state index contributed by atoms with van der Waals surface area (Å²) < 4.78 is 22.7. The molecule has 0 bridgehead atoms. The van der Waals surface area contributed by atoms with Crippen molar-refractivity contribution in [3.63, 3.8) is 0 Å². The van der Waals surface area contributed by atoms with Crippen molar-refractivity contribution in [3.05, 3.63) is 65.8 Å². The van der Waals surface area contributed by atoms with Crippen LogP contribution in [0.4, 0.5) is 0 Å². The first-order valence-electron chi connectivity index (χ1n) is 8.99. The van der Waals surface area contributed by atoms with Crippen LogP contribution < -0.4 is 9.47 Å². The molecule has 5 rings (SSSR count). The summed E-state index contributed by atoms with van der Waals surface area (Å²) >= 11 is 1.35. The highest BCUT2D eigenvalue weighted by Crippen LogP contribution is 2.35. The van der Waals surface area contributed by atoms with Gasteiger partial charge in [0.05, 0.1) is 5.75 Å². The first-order valence-corrected chi connectivity index (χ1v) is 9.98. The third-order valence-corrected chi connectivity index (χ3v) is 5.19. The molecule has 0 fully saturated rings. The summed E-state index contributed by atoms with van der Waals surface area (Å²) in [6.07, 6.45) is -0.438. The highest BCUT2D eigenvalue weighted by atomic mass is 32.2. The molecule has 29 heavy (non-hydrogen) atoms. The van der Waals surface area contributed by atoms with E-state index < -0.39 is 6.10 Å². The van der Waals surface area contributed by atoms with Gasteiger partial charge in [0, 0.05) is 5.56 Å². The largest absolute Gasteiger partial charge is 0.485 e. The molecule has 0 saturated carbocycles. The van der Waals surface area contributed by atoms with Crippen LogP contribution in [0.5, 0.6) is 11.5 Å². The van der Waals surface area contributed by atoms with Crippen LogP contribution in [0.2, 0.25) is 0 Å². The summed E-state index contributed by atoms with van der Waals surface area (Å²) in [6, 6.07) is 15.3. The number of thioether (sulfide) groups is 1. The Morgan fingerprint density at radius 3 is 2.76 bits per heavy atom. The molecule has 0 N–H and O–H groups in total. The van der Waals surface area contributed by atoms with Crippen molar-refractivity contribution < 1.29 is 18.4 Å². The maximum absolute atomic E-state index is 5.89. The SMILES string of the molecule is Cc1ccccc1-c1nnc(SCc2noc([C@@H]3COc4ccccc4O3)n2)o1. The molecule has 2 aromatic heterocycles. The maximum Gasteiger partial charge on any atom is 0.277 e. The van der Waals surface area contributed by atoms with E-state index in [1.54, 1.807) is 0 Å². The van der Waals surface area contributed by atoms with Gasteiger partial charge in [-0.15, -0.1) is 10.2 Å². The molecule has 0 radical (unpaired) electrons. The van der Waals surface area contributed by atoms with Gasteiger partial charge in [-0.2, -0.15) is 4.98 Å². The Morgan fingerprint density at radius 2 is 1.86 bits per heavy atom. The topological polar surface area (TPSA) is 96.3 Å². The fourth-order valence-corrected chi connectivity index (χ4v) is 3.52. The summed E-state index contributed by atoms with van der Waals surface area (Å²) in [6.45, 7) is 2.32. The second-order valence-corrected chi connectivity index (χ2v) is 7.32. The second-order valence-electron chi connectivity index (χ2n) is 6.39. The number of benzene rings is 2. The van der Waals surface area contributed by atoms with Crippen molar-refractivity contribution in [2.75, 3.05) is 6.61 Å². The molecule has 2 aromatic carbocycles. The van der Waals surface area contributed by atoms with Crippen LogP contribution in [0.25, 0.3) is 11.5 Å². The van der Waals surface area contributed by atoms with Gasteiger partial charge < -0.3 is 18.4 Å². The van der Waals surface area contributed by atoms with E-state index in [9.17, 15) is 0 Å². The van der Waals surface area contributed by atoms with E-state index in [0.29, 0.717) is 46.7 Å². The third-order valence-electron chi connectivity index (χ3n) is 4.37. The van der Waals surface area contributed by atoms with E-state index >= 15 is 0 Å². The van der Waals surface area contributed by atoms with Crippen LogP contribution in [0, 0.1) is 6.92 Å². The Hall–Kier alpha value is -3.33. The molecule has 1 aliphatic heterocycles. The quantitative estimate of drug-likeness (QED) is 0.449. The summed E-state index contributed by atoms with van der Waals surface area (Å²) in [7, 11) is 0. The molecule has 9 heteroatoms. The summed E-state index contributed by atoms with van der Waals surface area (Å²) in [5, 5.41) is 12.7. The monoisotopic (exact) mass is 408 g/mol. The van der Waals surface area contributed by atoms with E-state index in [4.69, 9.17) is 18.4 Å². The zero-order valence-corrected chi connectivity index (χ0v) is 16.3. The molecule has 0 spiro atoms. The number of rotatable bonds is 5. The van der Waals surface area contributed by atoms with Crippen LogP contribution in [-0.2, 0) is 5.75 Å². The minimum Gasteiger partial charge on any atom is -0.485 e. The Kier molecular flexibility index (Phi) is 4.65. The number of para-hydroxylation sites is 2. The van der Waals surface area contributed by atoms with Gasteiger partial charge in [0.25, 0.3) is 11.1 Å². The average Bonchev–Trinajstić information content (AvgIpc) is 3.42. The van der Waals surface area contributed by atoms with Crippen molar-refractivity contribution >= 4 is 11.8 Å². The van der Waals surface area contributed by atoms with E-state index in [0.717, 1.165) is 11.1 Å². The Balaban J connectivity index is 1.23. The number of nitrogens with zero attached hydrogens (tertiary/aromatic N) is 4. The van der Waals surface area contributed by atoms with Gasteiger partial charge in [-0.1, -0.05) is 47.3 Å². The number of aromatic nitrogens is 4. The predicted molar refractivity (Wildman–Crippen MR) is 104 cm³/mol. The second kappa shape index (κ2) is 7.59. The number of fused-ring (bicyclic) bond motifs is 1. The molecule has 0 saturated heterocycles. The predicted octanol–water partition coefficient (Wildman–Crippen LogP) is 4.23. The van der Waals surface area contributed by atoms with Gasteiger partial charge >= 0.3 is 0 Å². The minimum atomic E-state index is -0.438. The fourth-order valence-electron chi connectivity index (χ4n) is 2.91. The van der Waals surface area contributed by atoms with Crippen LogP contribution in [0.3, 0.4) is 0 Å². The summed E-state index contributed by atoms with van der Waals surface area (Å²) in [5.74, 6) is 3.19. The van der Waals surface area contributed by atoms with Gasteiger partial charge in [0.1, 0.15) is 6.61 Å². The number of hydrogen-bond donors (Lipinski definition) is 0. The number of ether oxygens (including phenoxy) is 2. The minimum absolute atomic E-state index is 0.315. The van der Waals surface area contributed by atoms with Gasteiger partial charge in [0.15, 0.2) is 17.3 Å². The van der Waals surface area contributed by atoms with Gasteiger partial charge in [-0.3, -0.25) is 0 Å². The van der Waals surface area contributed by atoms with E-state index in [2.05, 4.69) is 20.3 Å². The standard InChI is InChI=1S/C20H16N4O4S/c1-12-6-2-3-7-13(12)18-22-23-20(27-18)29-11-17-21-19(28-24-17)16-10-25-14-8-4-5-9-15(14)26-16/h2-9,16H,10-11H2,1H3/t16-/m0/s1. The zero-order valence-electron chi connectivity index (χ0n) is 15.4. The Labute approximate surface area is 170 Å². The Bertz CT molecular complexity index is 1140. The van der Waals surface area contributed by atoms with Gasteiger partial charge in [-0.25, -0.2) is 0 Å². The van der Waals surface area contributed by atoms with E-state index in [-0.39, 0.29) is 0 Å². The lowest BCUT2D eigenvalue weighted by atomic mass is 10.1.